The van der Waals surface area contributed by atoms with Crippen LogP contribution in [0.4, 0.5) is 10.7 Å². The van der Waals surface area contributed by atoms with Gasteiger partial charge in [0.15, 0.2) is 5.78 Å². The van der Waals surface area contributed by atoms with Crippen molar-refractivity contribution in [2.75, 3.05) is 37.9 Å². The Hall–Kier alpha value is -1.60. The molecule has 7 heteroatoms. The SMILES string of the molecule is CCOCCNc1sc(C(=O)C(C)C)c(N)c1C(=O)NC. The predicted molar refractivity (Wildman–Crippen MR) is 86.3 cm³/mol. The molecule has 0 unspecified atom stereocenters. The van der Waals surface area contributed by atoms with Crippen LogP contribution in [0.3, 0.4) is 0 Å². The van der Waals surface area contributed by atoms with E-state index in [4.69, 9.17) is 10.5 Å². The van der Waals surface area contributed by atoms with Gasteiger partial charge in [-0.25, -0.2) is 0 Å². The van der Waals surface area contributed by atoms with Crippen LogP contribution in [-0.2, 0) is 4.74 Å². The zero-order valence-corrected chi connectivity index (χ0v) is 13.7. The van der Waals surface area contributed by atoms with E-state index in [-0.39, 0.29) is 23.3 Å². The summed E-state index contributed by atoms with van der Waals surface area (Å²) in [6.07, 6.45) is 0. The molecule has 0 saturated carbocycles. The van der Waals surface area contributed by atoms with Gasteiger partial charge in [-0.05, 0) is 6.92 Å². The lowest BCUT2D eigenvalue weighted by Crippen LogP contribution is -2.21. The van der Waals surface area contributed by atoms with E-state index in [1.165, 1.54) is 18.4 Å². The van der Waals surface area contributed by atoms with E-state index in [9.17, 15) is 9.59 Å². The van der Waals surface area contributed by atoms with Crippen LogP contribution in [0, 0.1) is 5.92 Å². The summed E-state index contributed by atoms with van der Waals surface area (Å²) in [7, 11) is 1.54. The van der Waals surface area contributed by atoms with E-state index in [1.54, 1.807) is 0 Å². The van der Waals surface area contributed by atoms with Gasteiger partial charge in [-0.2, -0.15) is 0 Å². The quantitative estimate of drug-likeness (QED) is 0.504. The van der Waals surface area contributed by atoms with Gasteiger partial charge < -0.3 is 21.1 Å². The lowest BCUT2D eigenvalue weighted by atomic mass is 10.1. The Kier molecular flexibility index (Phi) is 6.64. The van der Waals surface area contributed by atoms with E-state index in [2.05, 4.69) is 10.6 Å². The summed E-state index contributed by atoms with van der Waals surface area (Å²) in [4.78, 5) is 24.6. The van der Waals surface area contributed by atoms with Crippen LogP contribution in [-0.4, -0.2) is 38.5 Å². The van der Waals surface area contributed by atoms with Gasteiger partial charge in [0, 0.05) is 26.1 Å². The van der Waals surface area contributed by atoms with Crippen LogP contribution in [0.15, 0.2) is 0 Å². The average molecular weight is 313 g/mol. The fraction of sp³-hybridized carbons (Fsp3) is 0.571. The summed E-state index contributed by atoms with van der Waals surface area (Å²) in [6.45, 7) is 7.24. The number of hydrogen-bond acceptors (Lipinski definition) is 6. The number of hydrogen-bond donors (Lipinski definition) is 3. The highest BCUT2D eigenvalue weighted by molar-refractivity contribution is 7.19. The molecule has 6 nitrogen and oxygen atoms in total. The van der Waals surface area contributed by atoms with Gasteiger partial charge in [0.1, 0.15) is 5.00 Å². The first-order chi connectivity index (χ1) is 9.93. The number of nitrogens with two attached hydrogens (primary N) is 1. The normalized spacial score (nSPS) is 10.7. The second-order valence-electron chi connectivity index (χ2n) is 4.77. The molecule has 4 N–H and O–H groups in total. The molecule has 0 aliphatic rings. The third-order valence-corrected chi connectivity index (χ3v) is 4.06. The molecule has 1 aromatic rings. The summed E-state index contributed by atoms with van der Waals surface area (Å²) < 4.78 is 5.25. The first-order valence-corrected chi connectivity index (χ1v) is 7.75. The van der Waals surface area contributed by atoms with Crippen molar-refractivity contribution in [2.24, 2.45) is 5.92 Å². The van der Waals surface area contributed by atoms with Crippen molar-refractivity contribution in [3.05, 3.63) is 10.4 Å². The minimum absolute atomic E-state index is 0.0551. The van der Waals surface area contributed by atoms with Crippen LogP contribution >= 0.6 is 11.3 Å². The molecule has 0 saturated heterocycles. The highest BCUT2D eigenvalue weighted by atomic mass is 32.1. The van der Waals surface area contributed by atoms with Crippen molar-refractivity contribution < 1.29 is 14.3 Å². The monoisotopic (exact) mass is 313 g/mol. The topological polar surface area (TPSA) is 93.4 Å². The molecular formula is C14H23N3O3S. The molecule has 0 aromatic carbocycles. The lowest BCUT2D eigenvalue weighted by molar-refractivity contribution is 0.0944. The van der Waals surface area contributed by atoms with E-state index >= 15 is 0 Å². The Balaban J connectivity index is 3.06. The van der Waals surface area contributed by atoms with Gasteiger partial charge in [-0.15, -0.1) is 11.3 Å². The number of anilines is 2. The first kappa shape index (κ1) is 17.5. The Morgan fingerprint density at radius 1 is 1.38 bits per heavy atom. The second kappa shape index (κ2) is 7.99. The highest BCUT2D eigenvalue weighted by Crippen LogP contribution is 2.37. The molecule has 0 aliphatic carbocycles. The molecule has 0 bridgehead atoms. The van der Waals surface area contributed by atoms with Gasteiger partial charge in [0.25, 0.3) is 5.91 Å². The third-order valence-electron chi connectivity index (χ3n) is 2.88. The number of nitrogen functional groups attached to an aromatic ring is 1. The van der Waals surface area contributed by atoms with Crippen molar-refractivity contribution in [1.29, 1.82) is 0 Å². The van der Waals surface area contributed by atoms with E-state index in [1.807, 2.05) is 20.8 Å². The van der Waals surface area contributed by atoms with Crippen molar-refractivity contribution in [3.63, 3.8) is 0 Å². The van der Waals surface area contributed by atoms with Gasteiger partial charge >= 0.3 is 0 Å². The number of Topliss-reactive ketones (excluding diaryl/α,β-unsaturated/α-hetero) is 1. The van der Waals surface area contributed by atoms with Gasteiger partial charge in [0.2, 0.25) is 0 Å². The van der Waals surface area contributed by atoms with Crippen LogP contribution in [0.1, 0.15) is 40.8 Å². The van der Waals surface area contributed by atoms with Crippen molar-refractivity contribution in [2.45, 2.75) is 20.8 Å². The number of amides is 1. The zero-order valence-electron chi connectivity index (χ0n) is 12.9. The Morgan fingerprint density at radius 2 is 2.05 bits per heavy atom. The number of nitrogens with one attached hydrogen (secondary N) is 2. The second-order valence-corrected chi connectivity index (χ2v) is 5.79. The van der Waals surface area contributed by atoms with Crippen molar-refractivity contribution >= 4 is 33.7 Å². The molecular weight excluding hydrogens is 290 g/mol. The molecule has 1 heterocycles. The maximum atomic E-state index is 12.2. The molecule has 1 aromatic heterocycles. The smallest absolute Gasteiger partial charge is 0.256 e. The summed E-state index contributed by atoms with van der Waals surface area (Å²) in [5, 5.41) is 6.28. The van der Waals surface area contributed by atoms with Gasteiger partial charge in [-0.3, -0.25) is 9.59 Å². The van der Waals surface area contributed by atoms with E-state index in [0.29, 0.717) is 35.2 Å². The number of carbonyl (C=O) groups excluding carboxylic acids is 2. The molecule has 118 valence electrons. The third kappa shape index (κ3) is 4.18. The summed E-state index contributed by atoms with van der Waals surface area (Å²) in [6, 6.07) is 0. The molecule has 0 radical (unpaired) electrons. The molecule has 1 amide bonds. The maximum Gasteiger partial charge on any atom is 0.256 e. The minimum Gasteiger partial charge on any atom is -0.397 e. The average Bonchev–Trinajstić information content (AvgIpc) is 2.78. The van der Waals surface area contributed by atoms with Crippen LogP contribution < -0.4 is 16.4 Å². The summed E-state index contributed by atoms with van der Waals surface area (Å²) >= 11 is 1.22. The molecule has 0 fully saturated rings. The predicted octanol–water partition coefficient (Wildman–Crippen LogP) is 1.98. The van der Waals surface area contributed by atoms with Crippen LogP contribution in [0.25, 0.3) is 0 Å². The summed E-state index contributed by atoms with van der Waals surface area (Å²) in [5.41, 5.74) is 6.59. The Labute approximate surface area is 129 Å². The number of rotatable bonds is 8. The van der Waals surface area contributed by atoms with Crippen LogP contribution in [0.5, 0.6) is 0 Å². The number of ether oxygens (including phenoxy) is 1. The fourth-order valence-electron chi connectivity index (χ4n) is 1.75. The summed E-state index contributed by atoms with van der Waals surface area (Å²) in [5.74, 6) is -0.522. The highest BCUT2D eigenvalue weighted by Gasteiger charge is 2.25. The number of ketones is 1. The Morgan fingerprint density at radius 3 is 2.57 bits per heavy atom. The zero-order chi connectivity index (χ0) is 16.0. The molecule has 0 spiro atoms. The van der Waals surface area contributed by atoms with E-state index in [0.717, 1.165) is 0 Å². The van der Waals surface area contributed by atoms with Gasteiger partial charge in [-0.1, -0.05) is 13.8 Å². The standard InChI is InChI=1S/C14H23N3O3S/c1-5-20-7-6-17-14-9(13(19)16-4)10(15)12(21-14)11(18)8(2)3/h8,17H,5-7,15H2,1-4H3,(H,16,19). The molecule has 21 heavy (non-hydrogen) atoms. The van der Waals surface area contributed by atoms with Gasteiger partial charge in [0.05, 0.1) is 22.7 Å². The van der Waals surface area contributed by atoms with Crippen molar-refractivity contribution in [1.82, 2.24) is 5.32 Å². The molecule has 0 atom stereocenters. The maximum absolute atomic E-state index is 12.2. The number of thiophene rings is 1. The van der Waals surface area contributed by atoms with E-state index < -0.39 is 0 Å². The lowest BCUT2D eigenvalue weighted by Gasteiger charge is -2.07. The molecule has 0 aliphatic heterocycles. The Bertz CT molecular complexity index is 512. The van der Waals surface area contributed by atoms with Crippen molar-refractivity contribution in [3.8, 4) is 0 Å². The fourth-order valence-corrected chi connectivity index (χ4v) is 2.98. The first-order valence-electron chi connectivity index (χ1n) is 6.94. The van der Waals surface area contributed by atoms with Crippen LogP contribution in [0.2, 0.25) is 0 Å². The minimum atomic E-state index is -0.300. The number of carbonyl (C=O) groups is 2. The largest absolute Gasteiger partial charge is 0.397 e. The molecule has 1 rings (SSSR count).